The largest absolute Gasteiger partial charge is 0.495 e. The Labute approximate surface area is 114 Å². The van der Waals surface area contributed by atoms with Crippen LogP contribution in [0.3, 0.4) is 0 Å². The van der Waals surface area contributed by atoms with Gasteiger partial charge in [0.15, 0.2) is 0 Å². The third-order valence-electron chi connectivity index (χ3n) is 3.53. The molecule has 2 rings (SSSR count). The van der Waals surface area contributed by atoms with E-state index in [4.69, 9.17) is 10.6 Å². The highest BCUT2D eigenvalue weighted by atomic mass is 16.6. The highest BCUT2D eigenvalue weighted by Crippen LogP contribution is 2.28. The zero-order chi connectivity index (χ0) is 13.5. The Morgan fingerprint density at radius 1 is 1.16 bits per heavy atom. The monoisotopic (exact) mass is 265 g/mol. The second-order valence-corrected chi connectivity index (χ2v) is 4.72. The number of ether oxygens (including phenoxy) is 1. The van der Waals surface area contributed by atoms with Crippen molar-refractivity contribution in [1.29, 1.82) is 0 Å². The zero-order valence-electron chi connectivity index (χ0n) is 11.5. The molecule has 1 aromatic rings. The first-order valence-corrected chi connectivity index (χ1v) is 6.77. The SMILES string of the molecule is COc1ccccc1N1CCN(CCCON)CC1. The fourth-order valence-electron chi connectivity index (χ4n) is 2.47. The molecule has 0 radical (unpaired) electrons. The molecule has 106 valence electrons. The lowest BCUT2D eigenvalue weighted by Crippen LogP contribution is -2.46. The molecule has 1 aliphatic heterocycles. The molecule has 2 N–H and O–H groups in total. The van der Waals surface area contributed by atoms with Gasteiger partial charge in [0.05, 0.1) is 19.4 Å². The minimum Gasteiger partial charge on any atom is -0.495 e. The molecule has 1 heterocycles. The van der Waals surface area contributed by atoms with E-state index in [1.54, 1.807) is 7.11 Å². The van der Waals surface area contributed by atoms with Gasteiger partial charge in [-0.05, 0) is 18.6 Å². The molecule has 0 atom stereocenters. The predicted molar refractivity (Wildman–Crippen MR) is 76.4 cm³/mol. The van der Waals surface area contributed by atoms with Gasteiger partial charge < -0.3 is 14.5 Å². The molecule has 1 saturated heterocycles. The molecule has 19 heavy (non-hydrogen) atoms. The first-order valence-electron chi connectivity index (χ1n) is 6.77. The number of para-hydroxylation sites is 2. The van der Waals surface area contributed by atoms with E-state index in [1.165, 1.54) is 5.69 Å². The fourth-order valence-corrected chi connectivity index (χ4v) is 2.47. The smallest absolute Gasteiger partial charge is 0.142 e. The van der Waals surface area contributed by atoms with Crippen LogP contribution in [0.1, 0.15) is 6.42 Å². The number of rotatable bonds is 6. The molecule has 0 spiro atoms. The highest BCUT2D eigenvalue weighted by molar-refractivity contribution is 5.58. The Balaban J connectivity index is 1.85. The topological polar surface area (TPSA) is 51.0 Å². The molecule has 1 fully saturated rings. The van der Waals surface area contributed by atoms with Gasteiger partial charge in [-0.2, -0.15) is 0 Å². The molecule has 0 unspecified atom stereocenters. The summed E-state index contributed by atoms with van der Waals surface area (Å²) in [5, 5.41) is 0. The quantitative estimate of drug-likeness (QED) is 0.616. The molecule has 0 aliphatic carbocycles. The van der Waals surface area contributed by atoms with Crippen LogP contribution in [0.4, 0.5) is 5.69 Å². The van der Waals surface area contributed by atoms with Gasteiger partial charge in [0.1, 0.15) is 5.75 Å². The van der Waals surface area contributed by atoms with Crippen molar-refractivity contribution < 1.29 is 9.57 Å². The average Bonchev–Trinajstić information content (AvgIpc) is 2.48. The molecular formula is C14H23N3O2. The van der Waals surface area contributed by atoms with Gasteiger partial charge in [-0.1, -0.05) is 12.1 Å². The van der Waals surface area contributed by atoms with Crippen molar-refractivity contribution in [3.05, 3.63) is 24.3 Å². The standard InChI is InChI=1S/C14H23N3O2/c1-18-14-6-3-2-5-13(14)17-10-8-16(9-11-17)7-4-12-19-15/h2-3,5-6H,4,7-12,15H2,1H3. The van der Waals surface area contributed by atoms with Gasteiger partial charge in [0, 0.05) is 32.7 Å². The summed E-state index contributed by atoms with van der Waals surface area (Å²) < 4.78 is 5.42. The van der Waals surface area contributed by atoms with Crippen molar-refractivity contribution in [2.75, 3.05) is 51.3 Å². The van der Waals surface area contributed by atoms with Gasteiger partial charge in [-0.15, -0.1) is 0 Å². The molecule has 5 heteroatoms. The van der Waals surface area contributed by atoms with Crippen LogP contribution >= 0.6 is 0 Å². The number of benzene rings is 1. The molecular weight excluding hydrogens is 242 g/mol. The van der Waals surface area contributed by atoms with Gasteiger partial charge >= 0.3 is 0 Å². The van der Waals surface area contributed by atoms with Crippen molar-refractivity contribution in [3.63, 3.8) is 0 Å². The van der Waals surface area contributed by atoms with Crippen LogP contribution in [-0.2, 0) is 4.84 Å². The van der Waals surface area contributed by atoms with E-state index in [0.29, 0.717) is 6.61 Å². The Morgan fingerprint density at radius 3 is 2.58 bits per heavy atom. The van der Waals surface area contributed by atoms with Gasteiger partial charge in [0.2, 0.25) is 0 Å². The Bertz CT molecular complexity index is 379. The fraction of sp³-hybridized carbons (Fsp3) is 0.571. The predicted octanol–water partition coefficient (Wildman–Crippen LogP) is 1.10. The third-order valence-corrected chi connectivity index (χ3v) is 3.53. The van der Waals surface area contributed by atoms with E-state index in [-0.39, 0.29) is 0 Å². The number of nitrogens with zero attached hydrogens (tertiary/aromatic N) is 2. The van der Waals surface area contributed by atoms with Crippen LogP contribution in [0, 0.1) is 0 Å². The molecule has 1 aromatic carbocycles. The Morgan fingerprint density at radius 2 is 1.89 bits per heavy atom. The van der Waals surface area contributed by atoms with E-state index in [9.17, 15) is 0 Å². The summed E-state index contributed by atoms with van der Waals surface area (Å²) in [6.45, 7) is 5.89. The summed E-state index contributed by atoms with van der Waals surface area (Å²) in [6.07, 6.45) is 0.991. The molecule has 5 nitrogen and oxygen atoms in total. The maximum absolute atomic E-state index is 5.42. The van der Waals surface area contributed by atoms with Crippen molar-refractivity contribution in [2.24, 2.45) is 5.90 Å². The van der Waals surface area contributed by atoms with E-state index in [0.717, 1.165) is 44.9 Å². The molecule has 1 aliphatic rings. The molecule has 0 aromatic heterocycles. The lowest BCUT2D eigenvalue weighted by Gasteiger charge is -2.36. The van der Waals surface area contributed by atoms with Crippen LogP contribution in [0.2, 0.25) is 0 Å². The first kappa shape index (κ1) is 14.1. The Kier molecular flexibility index (Phi) is 5.44. The first-order chi connectivity index (χ1) is 9.35. The second kappa shape index (κ2) is 7.33. The van der Waals surface area contributed by atoms with E-state index < -0.39 is 0 Å². The minimum absolute atomic E-state index is 0.632. The van der Waals surface area contributed by atoms with Crippen LogP contribution < -0.4 is 15.5 Å². The summed E-state index contributed by atoms with van der Waals surface area (Å²) in [7, 11) is 1.72. The number of hydrogen-bond acceptors (Lipinski definition) is 5. The van der Waals surface area contributed by atoms with Crippen LogP contribution in [0.15, 0.2) is 24.3 Å². The van der Waals surface area contributed by atoms with E-state index in [1.807, 2.05) is 12.1 Å². The lowest BCUT2D eigenvalue weighted by molar-refractivity contribution is 0.122. The summed E-state index contributed by atoms with van der Waals surface area (Å²) in [5.74, 6) is 5.98. The van der Waals surface area contributed by atoms with Crippen LogP contribution in [-0.4, -0.2) is 51.3 Å². The van der Waals surface area contributed by atoms with E-state index >= 15 is 0 Å². The van der Waals surface area contributed by atoms with Crippen molar-refractivity contribution in [3.8, 4) is 5.75 Å². The summed E-state index contributed by atoms with van der Waals surface area (Å²) in [6, 6.07) is 8.20. The number of hydrogen-bond donors (Lipinski definition) is 1. The molecule has 0 amide bonds. The van der Waals surface area contributed by atoms with Gasteiger partial charge in [-0.25, -0.2) is 5.90 Å². The number of nitrogens with two attached hydrogens (primary N) is 1. The summed E-state index contributed by atoms with van der Waals surface area (Å²) in [5.41, 5.74) is 1.19. The van der Waals surface area contributed by atoms with Crippen molar-refractivity contribution >= 4 is 5.69 Å². The summed E-state index contributed by atoms with van der Waals surface area (Å²) in [4.78, 5) is 9.43. The number of methoxy groups -OCH3 is 1. The van der Waals surface area contributed by atoms with Crippen LogP contribution in [0.25, 0.3) is 0 Å². The second-order valence-electron chi connectivity index (χ2n) is 4.72. The average molecular weight is 265 g/mol. The zero-order valence-corrected chi connectivity index (χ0v) is 11.5. The Hall–Kier alpha value is -1.30. The van der Waals surface area contributed by atoms with Crippen molar-refractivity contribution in [1.82, 2.24) is 4.90 Å². The summed E-state index contributed by atoms with van der Waals surface area (Å²) >= 11 is 0. The third kappa shape index (κ3) is 3.83. The maximum Gasteiger partial charge on any atom is 0.142 e. The normalized spacial score (nSPS) is 16.6. The van der Waals surface area contributed by atoms with E-state index in [2.05, 4.69) is 26.8 Å². The lowest BCUT2D eigenvalue weighted by atomic mass is 10.2. The number of anilines is 1. The van der Waals surface area contributed by atoms with Gasteiger partial charge in [0.25, 0.3) is 0 Å². The van der Waals surface area contributed by atoms with Crippen LogP contribution in [0.5, 0.6) is 5.75 Å². The van der Waals surface area contributed by atoms with Gasteiger partial charge in [-0.3, -0.25) is 4.90 Å². The number of piperazine rings is 1. The van der Waals surface area contributed by atoms with Crippen molar-refractivity contribution in [2.45, 2.75) is 6.42 Å². The molecule has 0 bridgehead atoms. The highest BCUT2D eigenvalue weighted by Gasteiger charge is 2.18. The minimum atomic E-state index is 0.632. The molecule has 0 saturated carbocycles. The maximum atomic E-state index is 5.42.